The Morgan fingerprint density at radius 1 is 1.26 bits per heavy atom. The van der Waals surface area contributed by atoms with Crippen molar-refractivity contribution in [1.29, 1.82) is 0 Å². The maximum atomic E-state index is 12.0. The van der Waals surface area contributed by atoms with Crippen molar-refractivity contribution in [2.45, 2.75) is 46.4 Å². The molecule has 2 rings (SSSR count). The van der Waals surface area contributed by atoms with Gasteiger partial charge in [-0.05, 0) is 39.3 Å². The molecule has 0 unspecified atom stereocenters. The second kappa shape index (κ2) is 6.86. The van der Waals surface area contributed by atoms with E-state index < -0.39 is 5.60 Å². The minimum atomic E-state index is -0.492. The molecule has 2 aromatic rings. The second-order valence-electron chi connectivity index (χ2n) is 6.76. The van der Waals surface area contributed by atoms with Gasteiger partial charge in [0, 0.05) is 12.7 Å². The van der Waals surface area contributed by atoms with Gasteiger partial charge in [0.15, 0.2) is 0 Å². The number of hydrogen-bond acceptors (Lipinski definition) is 3. The van der Waals surface area contributed by atoms with Crippen molar-refractivity contribution in [3.8, 4) is 0 Å². The molecule has 1 aromatic heterocycles. The molecular weight excluding hydrogens is 290 g/mol. The van der Waals surface area contributed by atoms with Gasteiger partial charge in [-0.2, -0.15) is 5.10 Å². The van der Waals surface area contributed by atoms with Crippen LogP contribution in [0.2, 0.25) is 0 Å². The van der Waals surface area contributed by atoms with Gasteiger partial charge in [0.1, 0.15) is 5.60 Å². The summed E-state index contributed by atoms with van der Waals surface area (Å²) in [5, 5.41) is 4.59. The lowest BCUT2D eigenvalue weighted by molar-refractivity contribution is 0.0283. The lowest BCUT2D eigenvalue weighted by Gasteiger charge is -2.24. The molecule has 0 fully saturated rings. The molecule has 0 atom stereocenters. The van der Waals surface area contributed by atoms with Gasteiger partial charge in [-0.25, -0.2) is 4.79 Å². The minimum absolute atomic E-state index is 0.340. The average Bonchev–Trinajstić information content (AvgIpc) is 2.78. The number of ether oxygens (including phenoxy) is 1. The quantitative estimate of drug-likeness (QED) is 0.866. The average molecular weight is 315 g/mol. The van der Waals surface area contributed by atoms with Crippen molar-refractivity contribution in [3.05, 3.63) is 53.3 Å². The standard InChI is InChI=1S/C18H25N3O2/c1-14-11-16(13-20(5)17(22)23-18(2,3)4)19-21(14)12-15-9-7-6-8-10-15/h6-11H,12-13H2,1-5H3. The first-order valence-corrected chi connectivity index (χ1v) is 7.76. The third-order valence-corrected chi connectivity index (χ3v) is 3.31. The van der Waals surface area contributed by atoms with Gasteiger partial charge in [-0.3, -0.25) is 4.68 Å². The molecule has 0 aliphatic rings. The van der Waals surface area contributed by atoms with Gasteiger partial charge >= 0.3 is 6.09 Å². The first kappa shape index (κ1) is 17.1. The van der Waals surface area contributed by atoms with E-state index in [1.807, 2.05) is 56.6 Å². The zero-order valence-electron chi connectivity index (χ0n) is 14.5. The summed E-state index contributed by atoms with van der Waals surface area (Å²) in [4.78, 5) is 13.6. The molecule has 1 amide bonds. The number of aryl methyl sites for hydroxylation is 1. The van der Waals surface area contributed by atoms with E-state index in [9.17, 15) is 4.79 Å². The number of aromatic nitrogens is 2. The molecule has 0 saturated heterocycles. The summed E-state index contributed by atoms with van der Waals surface area (Å²) in [7, 11) is 1.72. The molecule has 0 aliphatic heterocycles. The predicted octanol–water partition coefficient (Wildman–Crippen LogP) is 3.61. The summed E-state index contributed by atoms with van der Waals surface area (Å²) in [6.45, 7) is 8.75. The van der Waals surface area contributed by atoms with Crippen molar-refractivity contribution in [2.24, 2.45) is 0 Å². The highest BCUT2D eigenvalue weighted by molar-refractivity contribution is 5.67. The van der Waals surface area contributed by atoms with Crippen molar-refractivity contribution < 1.29 is 9.53 Å². The molecule has 124 valence electrons. The van der Waals surface area contributed by atoms with Crippen LogP contribution in [0, 0.1) is 6.92 Å². The van der Waals surface area contributed by atoms with Gasteiger partial charge in [0.2, 0.25) is 0 Å². The Kier molecular flexibility index (Phi) is 5.08. The number of hydrogen-bond donors (Lipinski definition) is 0. The number of rotatable bonds is 4. The number of amides is 1. The van der Waals surface area contributed by atoms with Crippen LogP contribution in [0.25, 0.3) is 0 Å². The van der Waals surface area contributed by atoms with E-state index in [2.05, 4.69) is 17.2 Å². The van der Waals surface area contributed by atoms with E-state index >= 15 is 0 Å². The highest BCUT2D eigenvalue weighted by atomic mass is 16.6. The SMILES string of the molecule is Cc1cc(CN(C)C(=O)OC(C)(C)C)nn1Cc1ccccc1. The summed E-state index contributed by atoms with van der Waals surface area (Å²) in [6.07, 6.45) is -0.340. The Morgan fingerprint density at radius 3 is 2.52 bits per heavy atom. The van der Waals surface area contributed by atoms with Gasteiger partial charge in [0.05, 0.1) is 18.8 Å². The zero-order chi connectivity index (χ0) is 17.0. The van der Waals surface area contributed by atoms with E-state index in [1.165, 1.54) is 5.56 Å². The van der Waals surface area contributed by atoms with Crippen molar-refractivity contribution in [1.82, 2.24) is 14.7 Å². The fraction of sp³-hybridized carbons (Fsp3) is 0.444. The smallest absolute Gasteiger partial charge is 0.410 e. The third kappa shape index (κ3) is 5.13. The van der Waals surface area contributed by atoms with Gasteiger partial charge in [-0.15, -0.1) is 0 Å². The summed E-state index contributed by atoms with van der Waals surface area (Å²) in [6, 6.07) is 12.2. The van der Waals surface area contributed by atoms with E-state index in [1.54, 1.807) is 11.9 Å². The maximum Gasteiger partial charge on any atom is 0.410 e. The Morgan fingerprint density at radius 2 is 1.91 bits per heavy atom. The lowest BCUT2D eigenvalue weighted by atomic mass is 10.2. The molecule has 0 aliphatic carbocycles. The summed E-state index contributed by atoms with van der Waals surface area (Å²) in [5.74, 6) is 0. The van der Waals surface area contributed by atoms with Crippen LogP contribution in [0.1, 0.15) is 37.7 Å². The Balaban J connectivity index is 2.02. The molecule has 0 bridgehead atoms. The van der Waals surface area contributed by atoms with Crippen LogP contribution in [0.15, 0.2) is 36.4 Å². The van der Waals surface area contributed by atoms with Crippen molar-refractivity contribution in [3.63, 3.8) is 0 Å². The molecule has 0 N–H and O–H groups in total. The maximum absolute atomic E-state index is 12.0. The third-order valence-electron chi connectivity index (χ3n) is 3.31. The van der Waals surface area contributed by atoms with E-state index in [-0.39, 0.29) is 6.09 Å². The molecule has 5 nitrogen and oxygen atoms in total. The fourth-order valence-electron chi connectivity index (χ4n) is 2.22. The van der Waals surface area contributed by atoms with Crippen LogP contribution in [0.4, 0.5) is 4.79 Å². The predicted molar refractivity (Wildman–Crippen MR) is 90.2 cm³/mol. The van der Waals surface area contributed by atoms with E-state index in [0.717, 1.165) is 17.9 Å². The van der Waals surface area contributed by atoms with E-state index in [0.29, 0.717) is 6.54 Å². The fourth-order valence-corrected chi connectivity index (χ4v) is 2.22. The highest BCUT2D eigenvalue weighted by Gasteiger charge is 2.20. The van der Waals surface area contributed by atoms with Crippen LogP contribution in [-0.4, -0.2) is 33.4 Å². The topological polar surface area (TPSA) is 47.4 Å². The molecule has 0 saturated carbocycles. The second-order valence-corrected chi connectivity index (χ2v) is 6.76. The minimum Gasteiger partial charge on any atom is -0.444 e. The summed E-state index contributed by atoms with van der Waals surface area (Å²) in [5.41, 5.74) is 2.63. The Hall–Kier alpha value is -2.30. The first-order chi connectivity index (χ1) is 10.7. The Labute approximate surface area is 137 Å². The lowest BCUT2D eigenvalue weighted by Crippen LogP contribution is -2.33. The summed E-state index contributed by atoms with van der Waals surface area (Å²) >= 11 is 0. The zero-order valence-corrected chi connectivity index (χ0v) is 14.5. The van der Waals surface area contributed by atoms with Crippen molar-refractivity contribution >= 4 is 6.09 Å². The van der Waals surface area contributed by atoms with E-state index in [4.69, 9.17) is 4.74 Å². The van der Waals surface area contributed by atoms with Crippen LogP contribution in [0.5, 0.6) is 0 Å². The van der Waals surface area contributed by atoms with Gasteiger partial charge in [-0.1, -0.05) is 30.3 Å². The largest absolute Gasteiger partial charge is 0.444 e. The van der Waals surface area contributed by atoms with Crippen LogP contribution >= 0.6 is 0 Å². The summed E-state index contributed by atoms with van der Waals surface area (Å²) < 4.78 is 7.31. The number of carbonyl (C=O) groups excluding carboxylic acids is 1. The van der Waals surface area contributed by atoms with Crippen LogP contribution in [-0.2, 0) is 17.8 Å². The van der Waals surface area contributed by atoms with Crippen molar-refractivity contribution in [2.75, 3.05) is 7.05 Å². The number of benzene rings is 1. The van der Waals surface area contributed by atoms with Crippen LogP contribution < -0.4 is 0 Å². The van der Waals surface area contributed by atoms with Gasteiger partial charge in [0.25, 0.3) is 0 Å². The molecule has 0 spiro atoms. The number of nitrogens with zero attached hydrogens (tertiary/aromatic N) is 3. The highest BCUT2D eigenvalue weighted by Crippen LogP contribution is 2.12. The normalized spacial score (nSPS) is 11.3. The Bertz CT molecular complexity index is 657. The molecule has 5 heteroatoms. The van der Waals surface area contributed by atoms with Gasteiger partial charge < -0.3 is 9.64 Å². The molecule has 23 heavy (non-hydrogen) atoms. The molecular formula is C18H25N3O2. The molecule has 0 radical (unpaired) electrons. The number of carbonyl (C=O) groups is 1. The molecule has 1 heterocycles. The molecule has 1 aromatic carbocycles. The van der Waals surface area contributed by atoms with Crippen LogP contribution in [0.3, 0.4) is 0 Å². The first-order valence-electron chi connectivity index (χ1n) is 7.76. The monoisotopic (exact) mass is 315 g/mol.